The molecule has 3 heterocycles. The van der Waals surface area contributed by atoms with Crippen molar-refractivity contribution < 1.29 is 8.83 Å². The normalized spacial score (nSPS) is 12.3. The van der Waals surface area contributed by atoms with Gasteiger partial charge >= 0.3 is 0 Å². The van der Waals surface area contributed by atoms with Gasteiger partial charge in [0.05, 0.1) is 22.1 Å². The van der Waals surface area contributed by atoms with Crippen LogP contribution in [0.1, 0.15) is 33.3 Å². The Kier molecular flexibility index (Phi) is 6.32. The summed E-state index contributed by atoms with van der Waals surface area (Å²) in [5.74, 6) is 0. The van der Waals surface area contributed by atoms with Crippen molar-refractivity contribution in [3.63, 3.8) is 0 Å². The Morgan fingerprint density at radius 3 is 1.69 bits per heavy atom. The highest BCUT2D eigenvalue weighted by molar-refractivity contribution is 6.03. The molecule has 0 unspecified atom stereocenters. The summed E-state index contributed by atoms with van der Waals surface area (Å²) in [4.78, 5) is 0. The summed E-state index contributed by atoms with van der Waals surface area (Å²) in [5, 5.41) is 0. The van der Waals surface area contributed by atoms with Crippen LogP contribution in [0.4, 0.5) is 0 Å². The molecule has 0 aromatic heterocycles. The van der Waals surface area contributed by atoms with E-state index in [0.717, 1.165) is 78.0 Å². The summed E-state index contributed by atoms with van der Waals surface area (Å²) in [5.41, 5.74) is 14.0. The smallest absolute Gasteiger partial charge is 0.154 e. The van der Waals surface area contributed by atoms with Gasteiger partial charge in [-0.05, 0) is 84.6 Å². The highest BCUT2D eigenvalue weighted by atomic mass is 16.3. The zero-order valence-electron chi connectivity index (χ0n) is 24.3. The molecule has 0 aliphatic carbocycles. The average molecular weight is 549 g/mol. The fourth-order valence-electron chi connectivity index (χ4n) is 6.07. The third-order valence-corrected chi connectivity index (χ3v) is 7.79. The van der Waals surface area contributed by atoms with Gasteiger partial charge in [-0.25, -0.2) is 0 Å². The molecule has 0 radical (unpaired) electrons. The maximum Gasteiger partial charge on any atom is 0.154 e. The Labute approximate surface area is 244 Å². The molecule has 4 nitrogen and oxygen atoms in total. The topological polar surface area (TPSA) is 36.1 Å². The maximum absolute atomic E-state index is 6.65. The number of para-hydroxylation sites is 4. The van der Waals surface area contributed by atoms with Gasteiger partial charge in [-0.3, -0.25) is 9.13 Å². The highest BCUT2D eigenvalue weighted by Crippen LogP contribution is 2.44. The van der Waals surface area contributed by atoms with Gasteiger partial charge in [0.2, 0.25) is 0 Å². The quantitative estimate of drug-likeness (QED) is 0.125. The van der Waals surface area contributed by atoms with E-state index in [1.807, 2.05) is 51.1 Å². The van der Waals surface area contributed by atoms with Crippen molar-refractivity contribution in [1.82, 2.24) is 9.13 Å². The Hall–Kier alpha value is -5.22. The lowest BCUT2D eigenvalue weighted by Gasteiger charge is -2.28. The predicted molar refractivity (Wildman–Crippen MR) is 176 cm³/mol. The molecule has 42 heavy (non-hydrogen) atoms. The number of aromatic nitrogens is 2. The van der Waals surface area contributed by atoms with Crippen molar-refractivity contribution in [2.75, 3.05) is 0 Å². The first-order valence-corrected chi connectivity index (χ1v) is 14.6. The van der Waals surface area contributed by atoms with Gasteiger partial charge < -0.3 is 8.83 Å². The zero-order valence-corrected chi connectivity index (χ0v) is 24.3. The van der Waals surface area contributed by atoms with E-state index in [1.54, 1.807) is 0 Å². The summed E-state index contributed by atoms with van der Waals surface area (Å²) in [6.45, 7) is 8.12. The minimum Gasteiger partial charge on any atom is -0.453 e. The van der Waals surface area contributed by atoms with Gasteiger partial charge in [-0.1, -0.05) is 86.7 Å². The van der Waals surface area contributed by atoms with E-state index in [-0.39, 0.29) is 0 Å². The average Bonchev–Trinajstić information content (AvgIpc) is 3.05. The second-order valence-electron chi connectivity index (χ2n) is 10.1. The number of hydrogen-bond donors (Lipinski definition) is 0. The van der Waals surface area contributed by atoms with E-state index < -0.39 is 0 Å². The van der Waals surface area contributed by atoms with Crippen molar-refractivity contribution in [1.29, 1.82) is 0 Å². The van der Waals surface area contributed by atoms with E-state index in [1.165, 1.54) is 0 Å². The molecule has 3 aliphatic heterocycles. The SMILES string of the molecule is C/C=C\C(=C/C)c1cc2oc3ccccc3n3c4cc(-c5ccccc5)cc5oc6ccccc6n(c(c1)c2-3)-c54.CC. The molecule has 206 valence electrons. The molecule has 0 saturated heterocycles. The van der Waals surface area contributed by atoms with Crippen LogP contribution >= 0.6 is 0 Å². The van der Waals surface area contributed by atoms with Gasteiger partial charge in [-0.2, -0.15) is 0 Å². The number of rotatable bonds is 3. The third-order valence-electron chi connectivity index (χ3n) is 7.79. The number of hydrogen-bond acceptors (Lipinski definition) is 2. The number of nitrogens with zero attached hydrogens (tertiary/aromatic N) is 2. The lowest BCUT2D eigenvalue weighted by molar-refractivity contribution is 0.640. The first-order valence-electron chi connectivity index (χ1n) is 14.6. The molecule has 0 spiro atoms. The van der Waals surface area contributed by atoms with Crippen LogP contribution in [0, 0.1) is 0 Å². The monoisotopic (exact) mass is 548 g/mol. The van der Waals surface area contributed by atoms with Crippen molar-refractivity contribution in [2.45, 2.75) is 27.7 Å². The minimum atomic E-state index is 0.829. The first kappa shape index (κ1) is 25.7. The maximum atomic E-state index is 6.65. The predicted octanol–water partition coefficient (Wildman–Crippen LogP) is 11.2. The lowest BCUT2D eigenvalue weighted by atomic mass is 9.99. The van der Waals surface area contributed by atoms with Gasteiger partial charge in [0.15, 0.2) is 22.3 Å². The molecule has 0 fully saturated rings. The Bertz CT molecular complexity index is 2230. The van der Waals surface area contributed by atoms with E-state index in [9.17, 15) is 0 Å². The van der Waals surface area contributed by atoms with Crippen LogP contribution < -0.4 is 0 Å². The van der Waals surface area contributed by atoms with E-state index in [4.69, 9.17) is 8.83 Å². The number of allylic oxidation sites excluding steroid dienone is 4. The zero-order chi connectivity index (χ0) is 28.8. The summed E-state index contributed by atoms with van der Waals surface area (Å²) < 4.78 is 18.0. The van der Waals surface area contributed by atoms with Crippen LogP contribution in [-0.4, -0.2) is 9.13 Å². The summed E-state index contributed by atoms with van der Waals surface area (Å²) in [6.07, 6.45) is 6.36. The highest BCUT2D eigenvalue weighted by Gasteiger charge is 2.27. The van der Waals surface area contributed by atoms with Crippen LogP contribution in [0.15, 0.2) is 130 Å². The molecule has 8 rings (SSSR count). The molecule has 3 aliphatic rings. The molecule has 0 saturated carbocycles. The van der Waals surface area contributed by atoms with Crippen LogP contribution in [0.2, 0.25) is 0 Å². The van der Waals surface area contributed by atoms with Crippen molar-refractivity contribution in [2.24, 2.45) is 0 Å². The molecule has 0 atom stereocenters. The fraction of sp³-hybridized carbons (Fsp3) is 0.105. The van der Waals surface area contributed by atoms with Gasteiger partial charge in [0.1, 0.15) is 11.4 Å². The molecule has 5 aromatic rings. The van der Waals surface area contributed by atoms with Crippen LogP contribution in [0.25, 0.3) is 72.5 Å². The number of benzene rings is 5. The number of fused-ring (bicyclic) bond motifs is 6. The lowest BCUT2D eigenvalue weighted by Crippen LogP contribution is -2.14. The minimum absolute atomic E-state index is 0.829. The summed E-state index contributed by atoms with van der Waals surface area (Å²) in [7, 11) is 0. The summed E-state index contributed by atoms with van der Waals surface area (Å²) >= 11 is 0. The second kappa shape index (κ2) is 10.3. The molecule has 0 N–H and O–H groups in total. The fourth-order valence-corrected chi connectivity index (χ4v) is 6.07. The van der Waals surface area contributed by atoms with Crippen molar-refractivity contribution in [3.05, 3.63) is 127 Å². The van der Waals surface area contributed by atoms with Crippen molar-refractivity contribution in [3.8, 4) is 22.5 Å². The third kappa shape index (κ3) is 3.83. The van der Waals surface area contributed by atoms with E-state index >= 15 is 0 Å². The largest absolute Gasteiger partial charge is 0.453 e. The molecule has 4 heteroatoms. The molecular weight excluding hydrogens is 516 g/mol. The summed E-state index contributed by atoms with van der Waals surface area (Å²) in [6, 6.07) is 35.9. The van der Waals surface area contributed by atoms with Crippen molar-refractivity contribution >= 4 is 50.0 Å². The molecular formula is C38H32N2O2. The van der Waals surface area contributed by atoms with Gasteiger partial charge in [-0.15, -0.1) is 0 Å². The van der Waals surface area contributed by atoms with Crippen LogP contribution in [0.5, 0.6) is 0 Å². The molecule has 0 bridgehead atoms. The Balaban J connectivity index is 0.00000141. The van der Waals surface area contributed by atoms with E-state index in [0.29, 0.717) is 0 Å². The van der Waals surface area contributed by atoms with E-state index in [2.05, 4.69) is 107 Å². The molecule has 5 aromatic carbocycles. The first-order chi connectivity index (χ1) is 20.7. The van der Waals surface area contributed by atoms with Gasteiger partial charge in [0, 0.05) is 0 Å². The molecule has 0 amide bonds. The second-order valence-corrected chi connectivity index (χ2v) is 10.1. The Morgan fingerprint density at radius 2 is 1.10 bits per heavy atom. The Morgan fingerprint density at radius 1 is 0.548 bits per heavy atom. The van der Waals surface area contributed by atoms with Crippen LogP contribution in [-0.2, 0) is 0 Å². The van der Waals surface area contributed by atoms with Crippen LogP contribution in [0.3, 0.4) is 0 Å². The standard InChI is InChI=1S/C36H26N2O2.C2H6/c1-3-12-23(4-2)25-19-29-35-33(21-25)39-31-17-10-9-16-28(31)38(35)30-20-26(24-13-6-5-7-14-24)22-34-36(30)37(29)27-15-8-11-18-32(27)40-34;1-2/h3-22H,1-2H3;1-2H3/b12-3-,23-4+;. The van der Waals surface area contributed by atoms with Gasteiger partial charge in [0.25, 0.3) is 0 Å².